The molecule has 0 aliphatic heterocycles. The van der Waals surface area contributed by atoms with Crippen LogP contribution in [0.3, 0.4) is 0 Å². The number of carbonyl (C=O) groups is 1. The summed E-state index contributed by atoms with van der Waals surface area (Å²) in [5.74, 6) is -0.277. The second-order valence-electron chi connectivity index (χ2n) is 3.86. The van der Waals surface area contributed by atoms with Gasteiger partial charge in [-0.05, 0) is 20.9 Å². The van der Waals surface area contributed by atoms with Gasteiger partial charge in [0.05, 0.1) is 30.9 Å². The van der Waals surface area contributed by atoms with Gasteiger partial charge in [0, 0.05) is 0 Å². The average molecular weight is 211 g/mol. The molecule has 0 amide bonds. The highest BCUT2D eigenvalue weighted by molar-refractivity contribution is 5.69. The largest absolute Gasteiger partial charge is 0.468 e. The summed E-state index contributed by atoms with van der Waals surface area (Å²) in [5.41, 5.74) is 0.736. The smallest absolute Gasteiger partial charge is 0.325 e. The Morgan fingerprint density at radius 3 is 2.87 bits per heavy atom. The van der Waals surface area contributed by atoms with Gasteiger partial charge < -0.3 is 14.6 Å². The zero-order valence-corrected chi connectivity index (χ0v) is 9.57. The first kappa shape index (κ1) is 11.7. The molecule has 5 nitrogen and oxygen atoms in total. The van der Waals surface area contributed by atoms with Crippen LogP contribution in [-0.4, -0.2) is 29.7 Å². The summed E-state index contributed by atoms with van der Waals surface area (Å²) >= 11 is 0. The Labute approximate surface area is 89.4 Å². The summed E-state index contributed by atoms with van der Waals surface area (Å²) < 4.78 is 6.40. The van der Waals surface area contributed by atoms with E-state index in [9.17, 15) is 4.79 Å². The molecular formula is C10H17N3O2. The topological polar surface area (TPSA) is 56.2 Å². The first-order valence-electron chi connectivity index (χ1n) is 4.77. The maximum absolute atomic E-state index is 11.2. The summed E-state index contributed by atoms with van der Waals surface area (Å²) in [7, 11) is 3.25. The van der Waals surface area contributed by atoms with Gasteiger partial charge in [0.2, 0.25) is 0 Å². The Balaban J connectivity index is 2.91. The fourth-order valence-corrected chi connectivity index (χ4v) is 1.30. The van der Waals surface area contributed by atoms with Crippen LogP contribution < -0.4 is 5.32 Å². The molecule has 1 aromatic heterocycles. The van der Waals surface area contributed by atoms with E-state index in [1.807, 2.05) is 20.9 Å². The quantitative estimate of drug-likeness (QED) is 0.737. The van der Waals surface area contributed by atoms with Gasteiger partial charge >= 0.3 is 5.97 Å². The third kappa shape index (κ3) is 2.56. The minimum atomic E-state index is -0.277. The number of aromatic nitrogens is 2. The lowest BCUT2D eigenvalue weighted by atomic mass is 10.0. The number of imidazole rings is 1. The van der Waals surface area contributed by atoms with Gasteiger partial charge in [-0.1, -0.05) is 0 Å². The number of rotatable bonds is 4. The number of nitrogens with zero attached hydrogens (tertiary/aromatic N) is 2. The van der Waals surface area contributed by atoms with Crippen LogP contribution in [0.5, 0.6) is 0 Å². The Hall–Kier alpha value is -1.36. The number of nitrogens with one attached hydrogen (secondary N) is 1. The normalized spacial score (nSPS) is 11.5. The van der Waals surface area contributed by atoms with Gasteiger partial charge in [-0.25, -0.2) is 4.98 Å². The highest BCUT2D eigenvalue weighted by Crippen LogP contribution is 2.18. The molecule has 1 rings (SSSR count). The summed E-state index contributed by atoms with van der Waals surface area (Å²) in [6.07, 6.45) is 3.38. The van der Waals surface area contributed by atoms with E-state index in [4.69, 9.17) is 0 Å². The Morgan fingerprint density at radius 1 is 1.67 bits per heavy atom. The lowest BCUT2D eigenvalue weighted by Gasteiger charge is -2.25. The van der Waals surface area contributed by atoms with Crippen LogP contribution in [0, 0.1) is 0 Å². The predicted octanol–water partition coefficient (Wildman–Crippen LogP) is 0.511. The lowest BCUT2D eigenvalue weighted by Crippen LogP contribution is -2.36. The molecule has 0 atom stereocenters. The molecule has 1 N–H and O–H groups in total. The van der Waals surface area contributed by atoms with Crippen molar-refractivity contribution in [3.05, 3.63) is 18.2 Å². The van der Waals surface area contributed by atoms with Crippen LogP contribution in [0.2, 0.25) is 0 Å². The van der Waals surface area contributed by atoms with Crippen molar-refractivity contribution in [1.82, 2.24) is 14.9 Å². The summed E-state index contributed by atoms with van der Waals surface area (Å²) in [6, 6.07) is 0. The van der Waals surface area contributed by atoms with E-state index >= 15 is 0 Å². The van der Waals surface area contributed by atoms with Crippen molar-refractivity contribution in [2.75, 3.05) is 14.2 Å². The van der Waals surface area contributed by atoms with Crippen LogP contribution >= 0.6 is 0 Å². The zero-order chi connectivity index (χ0) is 11.5. The Morgan fingerprint density at radius 2 is 2.33 bits per heavy atom. The van der Waals surface area contributed by atoms with E-state index in [2.05, 4.69) is 15.0 Å². The molecule has 0 radical (unpaired) electrons. The highest BCUT2D eigenvalue weighted by Gasteiger charge is 2.22. The van der Waals surface area contributed by atoms with Crippen molar-refractivity contribution in [3.63, 3.8) is 0 Å². The molecule has 1 heterocycles. The fourth-order valence-electron chi connectivity index (χ4n) is 1.30. The highest BCUT2D eigenvalue weighted by atomic mass is 16.5. The van der Waals surface area contributed by atoms with Gasteiger partial charge in [0.15, 0.2) is 0 Å². The standard InChI is InChI=1S/C10H17N3O2/c1-10(2,11-3)8-5-12-7-13(8)6-9(14)15-4/h5,7,11H,6H2,1-4H3. The molecule has 15 heavy (non-hydrogen) atoms. The third-order valence-electron chi connectivity index (χ3n) is 2.50. The first-order chi connectivity index (χ1) is 7.01. The van der Waals surface area contributed by atoms with E-state index in [-0.39, 0.29) is 18.1 Å². The molecular weight excluding hydrogens is 194 g/mol. The summed E-state index contributed by atoms with van der Waals surface area (Å²) in [6.45, 7) is 4.24. The van der Waals surface area contributed by atoms with E-state index in [0.29, 0.717) is 0 Å². The molecule has 84 valence electrons. The minimum Gasteiger partial charge on any atom is -0.468 e. The zero-order valence-electron chi connectivity index (χ0n) is 9.57. The molecule has 0 fully saturated rings. The summed E-state index contributed by atoms with van der Waals surface area (Å²) in [5, 5.41) is 3.16. The molecule has 0 aliphatic rings. The molecule has 0 bridgehead atoms. The van der Waals surface area contributed by atoms with Crippen LogP contribution in [-0.2, 0) is 21.6 Å². The molecule has 0 saturated heterocycles. The van der Waals surface area contributed by atoms with Gasteiger partial charge in [-0.15, -0.1) is 0 Å². The van der Waals surface area contributed by atoms with Gasteiger partial charge in [0.1, 0.15) is 6.54 Å². The molecule has 0 saturated carbocycles. The molecule has 1 aromatic rings. The molecule has 0 spiro atoms. The maximum Gasteiger partial charge on any atom is 0.325 e. The number of hydrogen-bond donors (Lipinski definition) is 1. The van der Waals surface area contributed by atoms with E-state index in [0.717, 1.165) is 5.69 Å². The van der Waals surface area contributed by atoms with Crippen molar-refractivity contribution < 1.29 is 9.53 Å². The number of methoxy groups -OCH3 is 1. The van der Waals surface area contributed by atoms with Gasteiger partial charge in [0.25, 0.3) is 0 Å². The third-order valence-corrected chi connectivity index (χ3v) is 2.50. The number of hydrogen-bond acceptors (Lipinski definition) is 4. The monoisotopic (exact) mass is 211 g/mol. The second-order valence-corrected chi connectivity index (χ2v) is 3.86. The summed E-state index contributed by atoms with van der Waals surface area (Å²) in [4.78, 5) is 15.2. The lowest BCUT2D eigenvalue weighted by molar-refractivity contribution is -0.141. The Kier molecular flexibility index (Phi) is 3.47. The van der Waals surface area contributed by atoms with E-state index in [1.165, 1.54) is 7.11 Å². The molecule has 0 aliphatic carbocycles. The SMILES string of the molecule is CNC(C)(C)c1cncn1CC(=O)OC. The van der Waals surface area contributed by atoms with Crippen molar-refractivity contribution >= 4 is 5.97 Å². The molecule has 0 aromatic carbocycles. The first-order valence-corrected chi connectivity index (χ1v) is 4.77. The van der Waals surface area contributed by atoms with Crippen molar-refractivity contribution in [1.29, 1.82) is 0 Å². The average Bonchev–Trinajstić information content (AvgIpc) is 2.66. The van der Waals surface area contributed by atoms with E-state index < -0.39 is 0 Å². The van der Waals surface area contributed by atoms with Gasteiger partial charge in [-0.3, -0.25) is 4.79 Å². The fraction of sp³-hybridized carbons (Fsp3) is 0.600. The van der Waals surface area contributed by atoms with Crippen LogP contribution in [0.25, 0.3) is 0 Å². The van der Waals surface area contributed by atoms with Crippen LogP contribution in [0.1, 0.15) is 19.5 Å². The van der Waals surface area contributed by atoms with Crippen LogP contribution in [0.15, 0.2) is 12.5 Å². The molecule has 5 heteroatoms. The van der Waals surface area contributed by atoms with Gasteiger partial charge in [-0.2, -0.15) is 0 Å². The molecule has 0 unspecified atom stereocenters. The van der Waals surface area contributed by atoms with Crippen molar-refractivity contribution in [2.45, 2.75) is 25.9 Å². The van der Waals surface area contributed by atoms with Crippen molar-refractivity contribution in [2.24, 2.45) is 0 Å². The Bertz CT molecular complexity index is 344. The number of esters is 1. The number of ether oxygens (including phenoxy) is 1. The minimum absolute atomic E-state index is 0.191. The van der Waals surface area contributed by atoms with Crippen LogP contribution in [0.4, 0.5) is 0 Å². The number of carbonyl (C=O) groups excluding carboxylic acids is 1. The maximum atomic E-state index is 11.2. The van der Waals surface area contributed by atoms with E-state index in [1.54, 1.807) is 17.1 Å². The van der Waals surface area contributed by atoms with Crippen molar-refractivity contribution in [3.8, 4) is 0 Å². The second kappa shape index (κ2) is 4.44. The predicted molar refractivity (Wildman–Crippen MR) is 56.3 cm³/mol.